The second-order valence-corrected chi connectivity index (χ2v) is 5.84. The van der Waals surface area contributed by atoms with Crippen molar-refractivity contribution >= 4 is 24.8 Å². The molecule has 0 amide bonds. The van der Waals surface area contributed by atoms with Crippen molar-refractivity contribution in [2.45, 2.75) is 25.3 Å². The Labute approximate surface area is 144 Å². The molecule has 126 valence electrons. The first kappa shape index (κ1) is 19.5. The molecule has 6 heteroatoms. The summed E-state index contributed by atoms with van der Waals surface area (Å²) in [5.41, 5.74) is 1.02. The third-order valence-corrected chi connectivity index (χ3v) is 4.41. The normalized spacial score (nSPS) is 19.7. The number of para-hydroxylation sites is 1. The molecule has 1 aromatic carbocycles. The number of nitrogens with one attached hydrogen (secondary N) is 1. The van der Waals surface area contributed by atoms with E-state index in [1.165, 1.54) is 18.9 Å². The van der Waals surface area contributed by atoms with E-state index >= 15 is 0 Å². The number of rotatable bonds is 5. The molecule has 3 rings (SSSR count). The van der Waals surface area contributed by atoms with Crippen LogP contribution in [0.1, 0.15) is 30.9 Å². The van der Waals surface area contributed by atoms with Crippen LogP contribution in [-0.2, 0) is 0 Å². The largest absolute Gasteiger partial charge is 0.493 e. The molecule has 2 fully saturated rings. The van der Waals surface area contributed by atoms with E-state index < -0.39 is 0 Å². The molecule has 0 radical (unpaired) electrons. The van der Waals surface area contributed by atoms with Gasteiger partial charge in [-0.05, 0) is 18.4 Å². The van der Waals surface area contributed by atoms with Crippen LogP contribution in [0.15, 0.2) is 18.2 Å². The number of hydrogen-bond donors (Lipinski definition) is 1. The third-order valence-electron chi connectivity index (χ3n) is 4.41. The van der Waals surface area contributed by atoms with E-state index in [9.17, 15) is 4.39 Å². The Bertz CT molecular complexity index is 465. The van der Waals surface area contributed by atoms with Crippen molar-refractivity contribution in [3.63, 3.8) is 0 Å². The molecule has 2 aliphatic rings. The molecule has 1 aliphatic carbocycles. The van der Waals surface area contributed by atoms with Gasteiger partial charge in [0.1, 0.15) is 0 Å². The van der Waals surface area contributed by atoms with Gasteiger partial charge in [0.15, 0.2) is 11.6 Å². The SMILES string of the molecule is COc1c(F)cccc1[C@H](CC1CC1)N1CCNCC1.Cl.Cl. The minimum Gasteiger partial charge on any atom is -0.493 e. The molecule has 0 unspecified atom stereocenters. The first-order valence-electron chi connectivity index (χ1n) is 7.56. The van der Waals surface area contributed by atoms with Gasteiger partial charge >= 0.3 is 0 Å². The maximum atomic E-state index is 14.0. The lowest BCUT2D eigenvalue weighted by Gasteiger charge is -2.36. The molecule has 1 aliphatic heterocycles. The molecular formula is C16H25Cl2FN2O. The maximum absolute atomic E-state index is 14.0. The summed E-state index contributed by atoms with van der Waals surface area (Å²) < 4.78 is 19.3. The molecular weight excluding hydrogens is 326 g/mol. The van der Waals surface area contributed by atoms with Crippen LogP contribution in [0.2, 0.25) is 0 Å². The van der Waals surface area contributed by atoms with Crippen molar-refractivity contribution in [2.24, 2.45) is 5.92 Å². The van der Waals surface area contributed by atoms with Gasteiger partial charge in [-0.15, -0.1) is 24.8 Å². The highest BCUT2D eigenvalue weighted by molar-refractivity contribution is 5.85. The molecule has 0 aromatic heterocycles. The zero-order valence-corrected chi connectivity index (χ0v) is 14.5. The van der Waals surface area contributed by atoms with Crippen molar-refractivity contribution in [3.05, 3.63) is 29.6 Å². The van der Waals surface area contributed by atoms with E-state index in [-0.39, 0.29) is 36.7 Å². The van der Waals surface area contributed by atoms with Crippen LogP contribution < -0.4 is 10.1 Å². The summed E-state index contributed by atoms with van der Waals surface area (Å²) in [5.74, 6) is 0.987. The van der Waals surface area contributed by atoms with Crippen LogP contribution >= 0.6 is 24.8 Å². The summed E-state index contributed by atoms with van der Waals surface area (Å²) in [6, 6.07) is 5.59. The van der Waals surface area contributed by atoms with Gasteiger partial charge in [0, 0.05) is 37.8 Å². The minimum atomic E-state index is -0.249. The Morgan fingerprint density at radius 1 is 1.27 bits per heavy atom. The first-order valence-corrected chi connectivity index (χ1v) is 7.56. The van der Waals surface area contributed by atoms with Crippen molar-refractivity contribution in [2.75, 3.05) is 33.3 Å². The standard InChI is InChI=1S/C16H23FN2O.2ClH/c1-20-16-13(3-2-4-14(16)17)15(11-12-5-6-12)19-9-7-18-8-10-19;;/h2-4,12,15,18H,5-11H2,1H3;2*1H/t15-;;/m0../s1. The highest BCUT2D eigenvalue weighted by Gasteiger charge is 2.32. The maximum Gasteiger partial charge on any atom is 0.165 e. The van der Waals surface area contributed by atoms with Crippen molar-refractivity contribution < 1.29 is 9.13 Å². The number of hydrogen-bond acceptors (Lipinski definition) is 3. The lowest BCUT2D eigenvalue weighted by Crippen LogP contribution is -2.45. The third kappa shape index (κ3) is 4.48. The molecule has 0 bridgehead atoms. The second kappa shape index (κ2) is 8.92. The molecule has 1 atom stereocenters. The van der Waals surface area contributed by atoms with Crippen LogP contribution in [0, 0.1) is 11.7 Å². The lowest BCUT2D eigenvalue weighted by atomic mass is 9.97. The van der Waals surface area contributed by atoms with Crippen LogP contribution in [0.4, 0.5) is 4.39 Å². The van der Waals surface area contributed by atoms with Gasteiger partial charge in [0.25, 0.3) is 0 Å². The summed E-state index contributed by atoms with van der Waals surface area (Å²) in [6.07, 6.45) is 3.76. The Morgan fingerprint density at radius 3 is 2.55 bits per heavy atom. The number of halogens is 3. The summed E-state index contributed by atoms with van der Waals surface area (Å²) in [6.45, 7) is 4.08. The molecule has 1 saturated carbocycles. The van der Waals surface area contributed by atoms with Gasteiger partial charge in [-0.3, -0.25) is 4.90 Å². The molecule has 0 spiro atoms. The monoisotopic (exact) mass is 350 g/mol. The fraction of sp³-hybridized carbons (Fsp3) is 0.625. The number of nitrogens with zero attached hydrogens (tertiary/aromatic N) is 1. The van der Waals surface area contributed by atoms with Gasteiger partial charge in [-0.2, -0.15) is 0 Å². The van der Waals surface area contributed by atoms with Crippen molar-refractivity contribution in [3.8, 4) is 5.75 Å². The zero-order chi connectivity index (χ0) is 13.9. The molecule has 3 nitrogen and oxygen atoms in total. The highest BCUT2D eigenvalue weighted by Crippen LogP contribution is 2.42. The highest BCUT2D eigenvalue weighted by atomic mass is 35.5. The van der Waals surface area contributed by atoms with E-state index in [2.05, 4.69) is 10.2 Å². The van der Waals surface area contributed by atoms with Crippen LogP contribution in [0.25, 0.3) is 0 Å². The van der Waals surface area contributed by atoms with Gasteiger partial charge < -0.3 is 10.1 Å². The van der Waals surface area contributed by atoms with Gasteiger partial charge in [-0.1, -0.05) is 25.0 Å². The predicted molar refractivity (Wildman–Crippen MR) is 92.0 cm³/mol. The summed E-state index contributed by atoms with van der Waals surface area (Å²) in [7, 11) is 1.56. The van der Waals surface area contributed by atoms with Crippen LogP contribution in [0.3, 0.4) is 0 Å². The summed E-state index contributed by atoms with van der Waals surface area (Å²) >= 11 is 0. The number of piperazine rings is 1. The van der Waals surface area contributed by atoms with E-state index in [0.29, 0.717) is 5.75 Å². The zero-order valence-electron chi connectivity index (χ0n) is 12.9. The first-order chi connectivity index (χ1) is 9.79. The van der Waals surface area contributed by atoms with Gasteiger partial charge in [0.05, 0.1) is 7.11 Å². The molecule has 1 saturated heterocycles. The van der Waals surface area contributed by atoms with E-state index in [1.54, 1.807) is 13.2 Å². The van der Waals surface area contributed by atoms with Gasteiger partial charge in [0.2, 0.25) is 0 Å². The second-order valence-electron chi connectivity index (χ2n) is 5.84. The van der Waals surface area contributed by atoms with Gasteiger partial charge in [-0.25, -0.2) is 4.39 Å². The molecule has 1 aromatic rings. The fourth-order valence-electron chi connectivity index (χ4n) is 3.14. The number of ether oxygens (including phenoxy) is 1. The summed E-state index contributed by atoms with van der Waals surface area (Å²) in [5, 5.41) is 3.38. The van der Waals surface area contributed by atoms with E-state index in [4.69, 9.17) is 4.74 Å². The van der Waals surface area contributed by atoms with E-state index in [1.807, 2.05) is 6.07 Å². The predicted octanol–water partition coefficient (Wildman–Crippen LogP) is 3.42. The van der Waals surface area contributed by atoms with Crippen molar-refractivity contribution in [1.29, 1.82) is 0 Å². The molecule has 1 heterocycles. The molecule has 1 N–H and O–H groups in total. The Morgan fingerprint density at radius 2 is 1.95 bits per heavy atom. The Balaban J connectivity index is 0.00000121. The lowest BCUT2D eigenvalue weighted by molar-refractivity contribution is 0.157. The topological polar surface area (TPSA) is 24.5 Å². The minimum absolute atomic E-state index is 0. The Hall–Kier alpha value is -0.550. The molecule has 22 heavy (non-hydrogen) atoms. The van der Waals surface area contributed by atoms with Crippen molar-refractivity contribution in [1.82, 2.24) is 10.2 Å². The quantitative estimate of drug-likeness (QED) is 0.880. The number of methoxy groups -OCH3 is 1. The number of benzene rings is 1. The summed E-state index contributed by atoms with van der Waals surface area (Å²) in [4.78, 5) is 2.48. The van der Waals surface area contributed by atoms with Crippen LogP contribution in [0.5, 0.6) is 5.75 Å². The average molecular weight is 351 g/mol. The van der Waals surface area contributed by atoms with Crippen LogP contribution in [-0.4, -0.2) is 38.2 Å². The smallest absolute Gasteiger partial charge is 0.165 e. The fourth-order valence-corrected chi connectivity index (χ4v) is 3.14. The average Bonchev–Trinajstić information content (AvgIpc) is 3.29. The Kier molecular flexibility index (Phi) is 7.90. The van der Waals surface area contributed by atoms with E-state index in [0.717, 1.165) is 44.1 Å².